The molecule has 110 valence electrons. The molecule has 9 heteroatoms. The second kappa shape index (κ2) is 5.23. The number of hydrogen-bond donors (Lipinski definition) is 1. The number of aromatic nitrogens is 2. The van der Waals surface area contributed by atoms with Crippen LogP contribution in [-0.2, 0) is 11.3 Å². The predicted octanol–water partition coefficient (Wildman–Crippen LogP) is 2.48. The summed E-state index contributed by atoms with van der Waals surface area (Å²) >= 11 is 0. The largest absolute Gasteiger partial charge is 0.411 e. The number of ether oxygens (including phenoxy) is 1. The number of hydrogen-bond acceptors (Lipinski definition) is 3. The van der Waals surface area contributed by atoms with Gasteiger partial charge in [-0.2, -0.15) is 13.2 Å². The highest BCUT2D eigenvalue weighted by atomic mass is 19.4. The van der Waals surface area contributed by atoms with E-state index in [-0.39, 0.29) is 30.1 Å². The molecule has 0 saturated carbocycles. The van der Waals surface area contributed by atoms with Crippen LogP contribution in [0.25, 0.3) is 11.0 Å². The average Bonchev–Trinajstić information content (AvgIpc) is 2.61. The lowest BCUT2D eigenvalue weighted by Gasteiger charge is -2.09. The maximum Gasteiger partial charge on any atom is 0.411 e. The zero-order chi connectivity index (χ0) is 14.9. The van der Waals surface area contributed by atoms with Crippen molar-refractivity contribution < 1.29 is 26.7 Å². The van der Waals surface area contributed by atoms with Crippen molar-refractivity contribution in [3.63, 3.8) is 0 Å². The molecule has 0 radical (unpaired) electrons. The van der Waals surface area contributed by atoms with Crippen molar-refractivity contribution in [2.75, 3.05) is 18.9 Å². The van der Waals surface area contributed by atoms with Crippen LogP contribution in [0.15, 0.2) is 12.1 Å². The second-order valence-corrected chi connectivity index (χ2v) is 4.04. The summed E-state index contributed by atoms with van der Waals surface area (Å²) in [4.78, 5) is 3.70. The fourth-order valence-corrected chi connectivity index (χ4v) is 1.75. The summed E-state index contributed by atoms with van der Waals surface area (Å²) in [6, 6.07) is 1.66. The van der Waals surface area contributed by atoms with Crippen LogP contribution in [0, 0.1) is 11.6 Å². The van der Waals surface area contributed by atoms with Gasteiger partial charge in [0.25, 0.3) is 0 Å². The van der Waals surface area contributed by atoms with Crippen LogP contribution in [0.1, 0.15) is 0 Å². The van der Waals surface area contributed by atoms with Gasteiger partial charge in [-0.25, -0.2) is 13.8 Å². The summed E-state index contributed by atoms with van der Waals surface area (Å²) in [5.74, 6) is -1.84. The lowest BCUT2D eigenvalue weighted by molar-refractivity contribution is -0.174. The Kier molecular flexibility index (Phi) is 3.80. The van der Waals surface area contributed by atoms with E-state index < -0.39 is 24.4 Å². The highest BCUT2D eigenvalue weighted by Gasteiger charge is 2.27. The lowest BCUT2D eigenvalue weighted by Crippen LogP contribution is -2.19. The molecule has 0 spiro atoms. The molecule has 0 amide bonds. The number of nitrogen functional groups attached to an aromatic ring is 1. The highest BCUT2D eigenvalue weighted by Crippen LogP contribution is 2.22. The number of halogens is 5. The fraction of sp³-hybridized carbons (Fsp3) is 0.364. The van der Waals surface area contributed by atoms with E-state index in [1.807, 2.05) is 0 Å². The molecule has 0 bridgehead atoms. The molecule has 0 unspecified atom stereocenters. The Bertz CT molecular complexity index is 623. The standard InChI is InChI=1S/C11H10F5N3O/c12-6-3-7(13)9-8(4-6)19(10(17)18-9)1-2-20-5-11(14,15)16/h3-4H,1-2,5H2,(H2,17,18). The molecule has 1 aromatic carbocycles. The Labute approximate surface area is 109 Å². The number of alkyl halides is 3. The zero-order valence-electron chi connectivity index (χ0n) is 10.0. The Morgan fingerprint density at radius 2 is 1.95 bits per heavy atom. The number of anilines is 1. The van der Waals surface area contributed by atoms with E-state index in [9.17, 15) is 22.0 Å². The summed E-state index contributed by atoms with van der Waals surface area (Å²) in [7, 11) is 0. The molecule has 20 heavy (non-hydrogen) atoms. The van der Waals surface area contributed by atoms with Crippen LogP contribution in [0.5, 0.6) is 0 Å². The molecule has 0 atom stereocenters. The third-order valence-electron chi connectivity index (χ3n) is 2.53. The van der Waals surface area contributed by atoms with E-state index in [0.29, 0.717) is 6.07 Å². The van der Waals surface area contributed by atoms with Gasteiger partial charge in [-0.05, 0) is 0 Å². The Morgan fingerprint density at radius 1 is 1.25 bits per heavy atom. The predicted molar refractivity (Wildman–Crippen MR) is 60.9 cm³/mol. The Morgan fingerprint density at radius 3 is 2.60 bits per heavy atom. The minimum absolute atomic E-state index is 0.0654. The number of nitrogens with zero attached hydrogens (tertiary/aromatic N) is 2. The molecule has 4 nitrogen and oxygen atoms in total. The van der Waals surface area contributed by atoms with Crippen LogP contribution < -0.4 is 5.73 Å². The van der Waals surface area contributed by atoms with Gasteiger partial charge in [0.15, 0.2) is 5.82 Å². The van der Waals surface area contributed by atoms with E-state index in [2.05, 4.69) is 9.72 Å². The number of benzene rings is 1. The number of imidazole rings is 1. The first kappa shape index (κ1) is 14.5. The first-order valence-electron chi connectivity index (χ1n) is 5.53. The lowest BCUT2D eigenvalue weighted by atomic mass is 10.3. The minimum Gasteiger partial charge on any atom is -0.370 e. The van der Waals surface area contributed by atoms with Crippen molar-refractivity contribution in [2.24, 2.45) is 0 Å². The Balaban J connectivity index is 2.16. The van der Waals surface area contributed by atoms with Gasteiger partial charge in [0.1, 0.15) is 17.9 Å². The number of nitrogens with two attached hydrogens (primary N) is 1. The van der Waals surface area contributed by atoms with E-state index >= 15 is 0 Å². The van der Waals surface area contributed by atoms with Gasteiger partial charge in [0.2, 0.25) is 5.95 Å². The van der Waals surface area contributed by atoms with Crippen LogP contribution in [0.4, 0.5) is 27.9 Å². The van der Waals surface area contributed by atoms with Gasteiger partial charge in [-0.1, -0.05) is 0 Å². The molecule has 1 aromatic heterocycles. The van der Waals surface area contributed by atoms with Crippen LogP contribution in [0.3, 0.4) is 0 Å². The summed E-state index contributed by atoms with van der Waals surface area (Å²) < 4.78 is 67.8. The highest BCUT2D eigenvalue weighted by molar-refractivity contribution is 5.79. The van der Waals surface area contributed by atoms with E-state index in [0.717, 1.165) is 6.07 Å². The SMILES string of the molecule is Nc1nc2c(F)cc(F)cc2n1CCOCC(F)(F)F. The molecule has 2 rings (SSSR count). The van der Waals surface area contributed by atoms with Gasteiger partial charge in [0.05, 0.1) is 12.1 Å². The topological polar surface area (TPSA) is 53.1 Å². The van der Waals surface area contributed by atoms with Gasteiger partial charge >= 0.3 is 6.18 Å². The van der Waals surface area contributed by atoms with Crippen molar-refractivity contribution >= 4 is 17.0 Å². The maximum absolute atomic E-state index is 13.4. The van der Waals surface area contributed by atoms with Gasteiger partial charge < -0.3 is 15.0 Å². The normalized spacial score (nSPS) is 12.2. The fourth-order valence-electron chi connectivity index (χ4n) is 1.75. The van der Waals surface area contributed by atoms with Crippen LogP contribution >= 0.6 is 0 Å². The molecule has 2 aromatic rings. The molecule has 0 aliphatic carbocycles. The molecule has 0 aliphatic rings. The second-order valence-electron chi connectivity index (χ2n) is 4.04. The quantitative estimate of drug-likeness (QED) is 0.696. The first-order valence-corrected chi connectivity index (χ1v) is 5.53. The molecule has 0 saturated heterocycles. The first-order chi connectivity index (χ1) is 9.28. The van der Waals surface area contributed by atoms with Crippen LogP contribution in [0.2, 0.25) is 0 Å². The van der Waals surface area contributed by atoms with Gasteiger partial charge in [0, 0.05) is 18.7 Å². The van der Waals surface area contributed by atoms with Crippen molar-refractivity contribution in [3.05, 3.63) is 23.8 Å². The van der Waals surface area contributed by atoms with Crippen molar-refractivity contribution in [1.29, 1.82) is 0 Å². The smallest absolute Gasteiger partial charge is 0.370 e. The third kappa shape index (κ3) is 3.16. The summed E-state index contributed by atoms with van der Waals surface area (Å²) in [5, 5.41) is 0. The summed E-state index contributed by atoms with van der Waals surface area (Å²) in [6.07, 6.45) is -4.43. The number of fused-ring (bicyclic) bond motifs is 1. The molecule has 0 fully saturated rings. The van der Waals surface area contributed by atoms with Gasteiger partial charge in [-0.3, -0.25) is 0 Å². The van der Waals surface area contributed by atoms with Crippen molar-refractivity contribution in [1.82, 2.24) is 9.55 Å². The molecule has 2 N–H and O–H groups in total. The minimum atomic E-state index is -4.43. The van der Waals surface area contributed by atoms with Gasteiger partial charge in [-0.15, -0.1) is 0 Å². The average molecular weight is 295 g/mol. The summed E-state index contributed by atoms with van der Waals surface area (Å²) in [6.45, 7) is -1.81. The molecule has 1 heterocycles. The zero-order valence-corrected chi connectivity index (χ0v) is 10.0. The molecule has 0 aliphatic heterocycles. The van der Waals surface area contributed by atoms with Crippen LogP contribution in [-0.4, -0.2) is 28.9 Å². The van der Waals surface area contributed by atoms with E-state index in [4.69, 9.17) is 5.73 Å². The molecular weight excluding hydrogens is 285 g/mol. The summed E-state index contributed by atoms with van der Waals surface area (Å²) in [5.41, 5.74) is 5.45. The Hall–Kier alpha value is -1.90. The third-order valence-corrected chi connectivity index (χ3v) is 2.53. The number of rotatable bonds is 4. The van der Waals surface area contributed by atoms with Crippen molar-refractivity contribution in [3.8, 4) is 0 Å². The monoisotopic (exact) mass is 295 g/mol. The maximum atomic E-state index is 13.4. The van der Waals surface area contributed by atoms with Crippen molar-refractivity contribution in [2.45, 2.75) is 12.7 Å². The molecular formula is C11H10F5N3O. The van der Waals surface area contributed by atoms with E-state index in [1.165, 1.54) is 4.57 Å². The van der Waals surface area contributed by atoms with E-state index in [1.54, 1.807) is 0 Å².